The molecule has 0 aromatic heterocycles. The van der Waals surface area contributed by atoms with Crippen molar-refractivity contribution < 1.29 is 23.9 Å². The number of ketones is 2. The van der Waals surface area contributed by atoms with E-state index in [9.17, 15) is 14.4 Å². The van der Waals surface area contributed by atoms with Gasteiger partial charge in [-0.3, -0.25) is 9.59 Å². The summed E-state index contributed by atoms with van der Waals surface area (Å²) >= 11 is 0. The summed E-state index contributed by atoms with van der Waals surface area (Å²) in [6, 6.07) is 0. The Balaban J connectivity index is 1.33. The van der Waals surface area contributed by atoms with E-state index in [-0.39, 0.29) is 62.6 Å². The minimum absolute atomic E-state index is 0.000505. The molecule has 0 radical (unpaired) electrons. The Labute approximate surface area is 286 Å². The highest BCUT2D eigenvalue weighted by atomic mass is 16.7. The first-order chi connectivity index (χ1) is 21.7. The molecule has 1 aliphatic heterocycles. The molecule has 6 unspecified atom stereocenters. The van der Waals surface area contributed by atoms with Gasteiger partial charge in [0, 0.05) is 11.3 Å². The molecule has 6 rings (SSSR count). The maximum Gasteiger partial charge on any atom is 0.161 e. The Morgan fingerprint density at radius 1 is 0.851 bits per heavy atom. The summed E-state index contributed by atoms with van der Waals surface area (Å²) in [5.41, 5.74) is 1.11. The molecule has 47 heavy (non-hydrogen) atoms. The molecule has 5 fully saturated rings. The lowest BCUT2D eigenvalue weighted by atomic mass is 9.32. The second-order valence-corrected chi connectivity index (χ2v) is 19.7. The Bertz CT molecular complexity index is 1330. The van der Waals surface area contributed by atoms with E-state index in [2.05, 4.69) is 75.3 Å². The van der Waals surface area contributed by atoms with Crippen LogP contribution in [0.5, 0.6) is 0 Å². The molecule has 6 aliphatic rings. The molecular formula is C42H66O5. The number of allylic oxidation sites excluding steroid dienone is 2. The number of hydrogen-bond donors (Lipinski definition) is 0. The summed E-state index contributed by atoms with van der Waals surface area (Å²) in [4.78, 5) is 39.5. The van der Waals surface area contributed by atoms with Gasteiger partial charge in [0.1, 0.15) is 18.2 Å². The van der Waals surface area contributed by atoms with Crippen LogP contribution in [-0.4, -0.2) is 36.4 Å². The van der Waals surface area contributed by atoms with Crippen LogP contribution >= 0.6 is 0 Å². The van der Waals surface area contributed by atoms with Crippen molar-refractivity contribution in [2.24, 2.45) is 73.9 Å². The van der Waals surface area contributed by atoms with Gasteiger partial charge < -0.3 is 14.3 Å². The van der Waals surface area contributed by atoms with Crippen molar-refractivity contribution in [2.75, 3.05) is 0 Å². The standard InChI is InChI=1S/C42H66O5/c1-24-21-41(12)30(31-22-37(7,8)19-20-42(24,31)29(6)45)13-14-33-38(9)17-16-34(39(10,23-43)32(38)15-18-40(33,41)11)46-36-27(4)25(2)26(3)35(47-36)28(5)44/h13,23-27,31-36H,14-22H2,1-12H3/t24?,25-,26+,27?,31?,32-,33?,34+,35?,36-,38?,39-,40+,41-,42-/m1/s1. The quantitative estimate of drug-likeness (QED) is 0.168. The van der Waals surface area contributed by atoms with Crippen molar-refractivity contribution in [1.29, 1.82) is 0 Å². The zero-order chi connectivity index (χ0) is 34.7. The molecule has 0 amide bonds. The highest BCUT2D eigenvalue weighted by Gasteiger charge is 2.70. The van der Waals surface area contributed by atoms with Gasteiger partial charge in [0.05, 0.1) is 11.5 Å². The zero-order valence-corrected chi connectivity index (χ0v) is 31.8. The van der Waals surface area contributed by atoms with E-state index in [0.717, 1.165) is 57.8 Å². The minimum atomic E-state index is -0.628. The maximum absolute atomic E-state index is 13.6. The number of ether oxygens (including phenoxy) is 2. The van der Waals surface area contributed by atoms with Crippen LogP contribution in [0.2, 0.25) is 0 Å². The van der Waals surface area contributed by atoms with Gasteiger partial charge in [-0.25, -0.2) is 0 Å². The molecule has 0 N–H and O–H groups in total. The maximum atomic E-state index is 13.6. The molecule has 0 bridgehead atoms. The van der Waals surface area contributed by atoms with Gasteiger partial charge in [-0.05, 0) is 129 Å². The van der Waals surface area contributed by atoms with E-state index >= 15 is 0 Å². The lowest BCUT2D eigenvalue weighted by molar-refractivity contribution is -0.289. The zero-order valence-electron chi connectivity index (χ0n) is 31.8. The fourth-order valence-corrected chi connectivity index (χ4v) is 13.8. The van der Waals surface area contributed by atoms with E-state index in [1.54, 1.807) is 12.5 Å². The Kier molecular flexibility index (Phi) is 8.56. The van der Waals surface area contributed by atoms with Crippen molar-refractivity contribution >= 4 is 17.9 Å². The second kappa shape index (κ2) is 11.3. The molecule has 5 aliphatic carbocycles. The van der Waals surface area contributed by atoms with Crippen LogP contribution in [0.3, 0.4) is 0 Å². The average molecular weight is 651 g/mol. The SMILES string of the molecule is CC(=O)C1O[C@@H](O[C@H]2CCC3(C)C4CC=C5C6CC(C)(C)CC[C@]6(C(C)=O)C(C)C[C@@]5(C)[C@@]4(C)CC[C@H]3[C@@]2(C)C=O)C(C)[C@H](C)[C@@H]1C. The lowest BCUT2D eigenvalue weighted by Gasteiger charge is -2.72. The number of fused-ring (bicyclic) bond motifs is 7. The van der Waals surface area contributed by atoms with Crippen LogP contribution in [0.1, 0.15) is 141 Å². The third kappa shape index (κ3) is 4.76. The summed E-state index contributed by atoms with van der Waals surface area (Å²) < 4.78 is 13.3. The van der Waals surface area contributed by atoms with Crippen LogP contribution in [-0.2, 0) is 23.9 Å². The summed E-state index contributed by atoms with van der Waals surface area (Å²) in [6.45, 7) is 27.0. The van der Waals surface area contributed by atoms with Gasteiger partial charge >= 0.3 is 0 Å². The van der Waals surface area contributed by atoms with E-state index in [1.807, 2.05) is 6.92 Å². The number of carbonyl (C=O) groups excluding carboxylic acids is 3. The van der Waals surface area contributed by atoms with E-state index in [4.69, 9.17) is 9.47 Å². The van der Waals surface area contributed by atoms with Crippen molar-refractivity contribution in [2.45, 2.75) is 159 Å². The Hall–Kier alpha value is -1.33. The number of rotatable bonds is 5. The Morgan fingerprint density at radius 3 is 2.15 bits per heavy atom. The predicted molar refractivity (Wildman–Crippen MR) is 186 cm³/mol. The summed E-state index contributed by atoms with van der Waals surface area (Å²) in [7, 11) is 0. The lowest BCUT2D eigenvalue weighted by Crippen LogP contribution is -2.67. The predicted octanol–water partition coefficient (Wildman–Crippen LogP) is 9.41. The molecule has 5 heteroatoms. The molecule has 0 aromatic carbocycles. The van der Waals surface area contributed by atoms with Gasteiger partial charge in [0.15, 0.2) is 12.1 Å². The number of carbonyl (C=O) groups is 3. The smallest absolute Gasteiger partial charge is 0.161 e. The van der Waals surface area contributed by atoms with E-state index < -0.39 is 17.8 Å². The fourth-order valence-electron chi connectivity index (χ4n) is 13.8. The highest BCUT2D eigenvalue weighted by molar-refractivity contribution is 5.84. The second-order valence-electron chi connectivity index (χ2n) is 19.7. The normalized spacial score (nSPS) is 53.7. The molecule has 5 nitrogen and oxygen atoms in total. The van der Waals surface area contributed by atoms with Crippen LogP contribution in [0.4, 0.5) is 0 Å². The first-order valence-electron chi connectivity index (χ1n) is 19.2. The van der Waals surface area contributed by atoms with Gasteiger partial charge in [-0.2, -0.15) is 0 Å². The Morgan fingerprint density at radius 2 is 1.53 bits per heavy atom. The van der Waals surface area contributed by atoms with Crippen LogP contribution < -0.4 is 0 Å². The minimum Gasteiger partial charge on any atom is -0.348 e. The first kappa shape index (κ1) is 35.5. The summed E-state index contributed by atoms with van der Waals surface area (Å²) in [5.74, 6) is 2.39. The van der Waals surface area contributed by atoms with Crippen molar-refractivity contribution in [3.05, 3.63) is 11.6 Å². The third-order valence-electron chi connectivity index (χ3n) is 17.2. The van der Waals surface area contributed by atoms with Gasteiger partial charge in [-0.1, -0.05) is 80.9 Å². The number of aldehydes is 1. The van der Waals surface area contributed by atoms with Crippen molar-refractivity contribution in [1.82, 2.24) is 0 Å². The largest absolute Gasteiger partial charge is 0.348 e. The first-order valence-corrected chi connectivity index (χ1v) is 19.2. The molecule has 0 aromatic rings. The summed E-state index contributed by atoms with van der Waals surface area (Å²) in [6.07, 6.45) is 12.0. The number of Topliss-reactive ketones (excluding diaryl/α,β-unsaturated/α-hetero) is 2. The topological polar surface area (TPSA) is 69.7 Å². The third-order valence-corrected chi connectivity index (χ3v) is 17.2. The van der Waals surface area contributed by atoms with Crippen molar-refractivity contribution in [3.63, 3.8) is 0 Å². The van der Waals surface area contributed by atoms with Crippen LogP contribution in [0.25, 0.3) is 0 Å². The molecule has 0 spiro atoms. The van der Waals surface area contributed by atoms with Crippen molar-refractivity contribution in [3.8, 4) is 0 Å². The molecule has 4 saturated carbocycles. The molecular weight excluding hydrogens is 584 g/mol. The van der Waals surface area contributed by atoms with Crippen LogP contribution in [0, 0.1) is 73.9 Å². The number of hydrogen-bond acceptors (Lipinski definition) is 5. The fraction of sp³-hybridized carbons (Fsp3) is 0.881. The van der Waals surface area contributed by atoms with E-state index in [1.165, 1.54) is 6.29 Å². The monoisotopic (exact) mass is 650 g/mol. The summed E-state index contributed by atoms with van der Waals surface area (Å²) in [5, 5.41) is 0. The molecule has 264 valence electrons. The molecule has 1 saturated heterocycles. The average Bonchev–Trinajstić information content (AvgIpc) is 2.98. The van der Waals surface area contributed by atoms with Gasteiger partial charge in [-0.15, -0.1) is 0 Å². The van der Waals surface area contributed by atoms with Gasteiger partial charge in [0.25, 0.3) is 0 Å². The molecule has 1 heterocycles. The highest BCUT2D eigenvalue weighted by Crippen LogP contribution is 2.76. The van der Waals surface area contributed by atoms with Crippen LogP contribution in [0.15, 0.2) is 11.6 Å². The molecule has 15 atom stereocenters. The van der Waals surface area contributed by atoms with E-state index in [0.29, 0.717) is 23.5 Å². The van der Waals surface area contributed by atoms with Gasteiger partial charge in [0.2, 0.25) is 0 Å².